The summed E-state index contributed by atoms with van der Waals surface area (Å²) in [6.45, 7) is -0.404. The first-order chi connectivity index (χ1) is 13.9. The highest BCUT2D eigenvalue weighted by atomic mass is 31.2. The molecule has 3 rings (SSSR count). The van der Waals surface area contributed by atoms with E-state index in [0.29, 0.717) is 16.7 Å². The van der Waals surface area contributed by atoms with Crippen LogP contribution in [0.2, 0.25) is 0 Å². The quantitative estimate of drug-likeness (QED) is 0.387. The Kier molecular flexibility index (Phi) is 7.23. The first-order valence-corrected chi connectivity index (χ1v) is 10.1. The van der Waals surface area contributed by atoms with Crippen LogP contribution in [0.4, 0.5) is 13.2 Å². The van der Waals surface area contributed by atoms with E-state index in [1.807, 2.05) is 0 Å². The Morgan fingerprint density at radius 3 is 1.00 bits per heavy atom. The van der Waals surface area contributed by atoms with Crippen LogP contribution >= 0.6 is 7.82 Å². The molecule has 152 valence electrons. The Hall–Kier alpha value is -2.44. The molecule has 0 bridgehead atoms. The molecule has 3 aromatic carbocycles. The van der Waals surface area contributed by atoms with Crippen molar-refractivity contribution in [2.75, 3.05) is 0 Å². The van der Waals surface area contributed by atoms with E-state index in [1.54, 1.807) is 0 Å². The molecule has 0 saturated carbocycles. The first kappa shape index (κ1) is 21.3. The van der Waals surface area contributed by atoms with Crippen molar-refractivity contribution in [3.05, 3.63) is 107 Å². The van der Waals surface area contributed by atoms with E-state index in [0.717, 1.165) is 0 Å². The lowest BCUT2D eigenvalue weighted by Crippen LogP contribution is -2.02. The van der Waals surface area contributed by atoms with E-state index in [1.165, 1.54) is 72.8 Å². The van der Waals surface area contributed by atoms with Gasteiger partial charge >= 0.3 is 7.82 Å². The standard InChI is InChI=1S/C21H18F3O4P/c22-19-7-1-16(2-8-19)13-26-29(25,27-14-17-3-9-20(23)10-4-17)28-15-18-5-11-21(24)12-6-18/h1-12H,13-15H2. The highest BCUT2D eigenvalue weighted by Crippen LogP contribution is 2.51. The zero-order valence-electron chi connectivity index (χ0n) is 15.3. The summed E-state index contributed by atoms with van der Waals surface area (Å²) in [5.41, 5.74) is 1.71. The monoisotopic (exact) mass is 422 g/mol. The lowest BCUT2D eigenvalue weighted by Gasteiger charge is -2.18. The predicted molar refractivity (Wildman–Crippen MR) is 101 cm³/mol. The maximum absolute atomic E-state index is 13.0. The van der Waals surface area contributed by atoms with Gasteiger partial charge in [0.2, 0.25) is 0 Å². The molecule has 0 saturated heterocycles. The van der Waals surface area contributed by atoms with Crippen LogP contribution in [0.1, 0.15) is 16.7 Å². The molecule has 0 atom stereocenters. The summed E-state index contributed by atoms with van der Waals surface area (Å²) >= 11 is 0. The van der Waals surface area contributed by atoms with Crippen molar-refractivity contribution in [3.63, 3.8) is 0 Å². The number of halogens is 3. The molecule has 0 aromatic heterocycles. The molecule has 0 heterocycles. The van der Waals surface area contributed by atoms with Gasteiger partial charge in [-0.3, -0.25) is 13.6 Å². The van der Waals surface area contributed by atoms with Gasteiger partial charge in [-0.1, -0.05) is 36.4 Å². The minimum absolute atomic E-state index is 0.135. The van der Waals surface area contributed by atoms with Crippen molar-refractivity contribution in [2.24, 2.45) is 0 Å². The maximum Gasteiger partial charge on any atom is 0.475 e. The summed E-state index contributed by atoms with van der Waals surface area (Å²) in [4.78, 5) is 0. The van der Waals surface area contributed by atoms with E-state index >= 15 is 0 Å². The van der Waals surface area contributed by atoms with Gasteiger partial charge in [0.25, 0.3) is 0 Å². The highest BCUT2D eigenvalue weighted by molar-refractivity contribution is 7.48. The molecule has 0 fully saturated rings. The highest BCUT2D eigenvalue weighted by Gasteiger charge is 2.27. The Labute approximate surface area is 166 Å². The fourth-order valence-electron chi connectivity index (χ4n) is 2.31. The van der Waals surface area contributed by atoms with Gasteiger partial charge in [0.05, 0.1) is 19.8 Å². The van der Waals surface area contributed by atoms with Crippen molar-refractivity contribution in [3.8, 4) is 0 Å². The van der Waals surface area contributed by atoms with Gasteiger partial charge < -0.3 is 0 Å². The van der Waals surface area contributed by atoms with Crippen LogP contribution < -0.4 is 0 Å². The molecule has 4 nitrogen and oxygen atoms in total. The molecule has 0 aliphatic heterocycles. The number of phosphoric ester groups is 1. The molecule has 0 aliphatic rings. The third-order valence-electron chi connectivity index (χ3n) is 3.91. The summed E-state index contributed by atoms with van der Waals surface area (Å²) in [5.74, 6) is -1.22. The predicted octanol–water partition coefficient (Wildman–Crippen LogP) is 6.16. The molecule has 0 spiro atoms. The molecule has 0 aliphatic carbocycles. The van der Waals surface area contributed by atoms with Gasteiger partial charge in [-0.15, -0.1) is 0 Å². The number of phosphoric acid groups is 1. The third kappa shape index (κ3) is 6.84. The molecule has 0 N–H and O–H groups in total. The second-order valence-corrected chi connectivity index (χ2v) is 7.82. The van der Waals surface area contributed by atoms with Crippen molar-refractivity contribution in [1.82, 2.24) is 0 Å². The largest absolute Gasteiger partial charge is 0.475 e. The average molecular weight is 422 g/mol. The lowest BCUT2D eigenvalue weighted by molar-refractivity contribution is 0.0978. The minimum Gasteiger partial charge on any atom is -0.282 e. The van der Waals surface area contributed by atoms with Crippen LogP contribution in [0, 0.1) is 17.5 Å². The van der Waals surface area contributed by atoms with Crippen LogP contribution in [-0.2, 0) is 38.0 Å². The number of rotatable bonds is 9. The Morgan fingerprint density at radius 2 is 0.759 bits per heavy atom. The molecule has 0 amide bonds. The van der Waals surface area contributed by atoms with Gasteiger partial charge in [0.15, 0.2) is 0 Å². The Balaban J connectivity index is 1.67. The van der Waals surface area contributed by atoms with Gasteiger partial charge in [0.1, 0.15) is 17.5 Å². The van der Waals surface area contributed by atoms with Crippen LogP contribution in [-0.4, -0.2) is 0 Å². The van der Waals surface area contributed by atoms with Crippen molar-refractivity contribution >= 4 is 7.82 Å². The zero-order valence-corrected chi connectivity index (χ0v) is 16.2. The second-order valence-electron chi connectivity index (χ2n) is 6.15. The van der Waals surface area contributed by atoms with E-state index in [4.69, 9.17) is 13.6 Å². The van der Waals surface area contributed by atoms with E-state index in [2.05, 4.69) is 0 Å². The number of hydrogen-bond acceptors (Lipinski definition) is 4. The molecule has 0 radical (unpaired) electrons. The number of benzene rings is 3. The second kappa shape index (κ2) is 9.85. The molecular formula is C21H18F3O4P. The summed E-state index contributed by atoms with van der Waals surface area (Å²) in [6.07, 6.45) is 0. The number of hydrogen-bond donors (Lipinski definition) is 0. The molecule has 3 aromatic rings. The van der Waals surface area contributed by atoms with Crippen molar-refractivity contribution in [1.29, 1.82) is 0 Å². The Morgan fingerprint density at radius 1 is 0.517 bits per heavy atom. The van der Waals surface area contributed by atoms with Crippen LogP contribution in [0.25, 0.3) is 0 Å². The summed E-state index contributed by atoms with van der Waals surface area (Å²) in [5, 5.41) is 0. The molecule has 0 unspecified atom stereocenters. The fraction of sp³-hybridized carbons (Fsp3) is 0.143. The van der Waals surface area contributed by atoms with Crippen LogP contribution in [0.15, 0.2) is 72.8 Å². The maximum atomic E-state index is 13.0. The average Bonchev–Trinajstić information content (AvgIpc) is 2.73. The van der Waals surface area contributed by atoms with Gasteiger partial charge in [-0.25, -0.2) is 17.7 Å². The van der Waals surface area contributed by atoms with Gasteiger partial charge in [-0.05, 0) is 53.1 Å². The smallest absolute Gasteiger partial charge is 0.282 e. The van der Waals surface area contributed by atoms with E-state index in [9.17, 15) is 17.7 Å². The van der Waals surface area contributed by atoms with Crippen LogP contribution in [0.3, 0.4) is 0 Å². The summed E-state index contributed by atoms with van der Waals surface area (Å²) in [7, 11) is -4.03. The lowest BCUT2D eigenvalue weighted by atomic mass is 10.2. The molecule has 8 heteroatoms. The fourth-order valence-corrected chi connectivity index (χ4v) is 3.46. The molecular weight excluding hydrogens is 404 g/mol. The normalized spacial score (nSPS) is 11.6. The first-order valence-electron chi connectivity index (χ1n) is 8.69. The van der Waals surface area contributed by atoms with Crippen molar-refractivity contribution < 1.29 is 31.3 Å². The topological polar surface area (TPSA) is 44.8 Å². The SMILES string of the molecule is O=P(OCc1ccc(F)cc1)(OCc1ccc(F)cc1)OCc1ccc(F)cc1. The van der Waals surface area contributed by atoms with E-state index < -0.39 is 25.3 Å². The minimum atomic E-state index is -4.03. The summed E-state index contributed by atoms with van der Waals surface area (Å²) in [6, 6.07) is 16.4. The summed E-state index contributed by atoms with van der Waals surface area (Å²) < 4.78 is 68.3. The van der Waals surface area contributed by atoms with Gasteiger partial charge in [0, 0.05) is 0 Å². The van der Waals surface area contributed by atoms with E-state index in [-0.39, 0.29) is 19.8 Å². The third-order valence-corrected chi connectivity index (χ3v) is 5.24. The zero-order chi connectivity index (χ0) is 20.7. The van der Waals surface area contributed by atoms with Crippen molar-refractivity contribution in [2.45, 2.75) is 19.8 Å². The van der Waals surface area contributed by atoms with Crippen LogP contribution in [0.5, 0.6) is 0 Å². The molecule has 29 heavy (non-hydrogen) atoms. The van der Waals surface area contributed by atoms with Gasteiger partial charge in [-0.2, -0.15) is 0 Å². The Bertz CT molecular complexity index is 834.